The lowest BCUT2D eigenvalue weighted by Crippen LogP contribution is -2.14. The molecule has 0 amide bonds. The topological polar surface area (TPSA) is 110 Å². The van der Waals surface area contributed by atoms with Crippen LogP contribution in [0.1, 0.15) is 5.56 Å². The summed E-state index contributed by atoms with van der Waals surface area (Å²) in [7, 11) is -4.12. The van der Waals surface area contributed by atoms with Crippen LogP contribution in [0.2, 0.25) is 0 Å². The lowest BCUT2D eigenvalue weighted by molar-refractivity contribution is -0.387. The van der Waals surface area contributed by atoms with Gasteiger partial charge in [-0.1, -0.05) is 18.2 Å². The van der Waals surface area contributed by atoms with E-state index in [0.29, 0.717) is 5.56 Å². The van der Waals surface area contributed by atoms with E-state index in [1.807, 2.05) is 0 Å². The van der Waals surface area contributed by atoms with E-state index in [1.54, 1.807) is 6.92 Å². The Balaban J connectivity index is 2.43. The first-order chi connectivity index (χ1) is 9.81. The molecule has 21 heavy (non-hydrogen) atoms. The Morgan fingerprint density at radius 3 is 2.48 bits per heavy atom. The van der Waals surface area contributed by atoms with Crippen molar-refractivity contribution >= 4 is 21.4 Å². The summed E-state index contributed by atoms with van der Waals surface area (Å²) in [6, 6.07) is 9.27. The van der Waals surface area contributed by atoms with E-state index in [-0.39, 0.29) is 11.4 Å². The highest BCUT2D eigenvalue weighted by molar-refractivity contribution is 7.92. The first kappa shape index (κ1) is 14.8. The molecule has 0 saturated heterocycles. The van der Waals surface area contributed by atoms with Crippen molar-refractivity contribution in [2.75, 3.05) is 4.72 Å². The Hall–Kier alpha value is -2.61. The number of sulfonamides is 1. The molecule has 0 bridgehead atoms. The molecule has 0 spiro atoms. The number of phenolic OH excluding ortho intramolecular Hbond substituents is 1. The minimum Gasteiger partial charge on any atom is -0.508 e. The van der Waals surface area contributed by atoms with Gasteiger partial charge in [0.25, 0.3) is 15.7 Å². The molecule has 110 valence electrons. The standard InChI is InChI=1S/C13H12N2O5S/c1-9-6-7-10(8-12(9)16)14-21(19,20)13-5-3-2-4-11(13)15(17)18/h2-8,14,16H,1H3. The molecule has 2 aromatic rings. The molecule has 0 aromatic heterocycles. The molecule has 0 saturated carbocycles. The van der Waals surface area contributed by atoms with Crippen molar-refractivity contribution < 1.29 is 18.4 Å². The van der Waals surface area contributed by atoms with Crippen LogP contribution in [0, 0.1) is 17.0 Å². The van der Waals surface area contributed by atoms with Gasteiger partial charge in [0.05, 0.1) is 10.6 Å². The zero-order valence-electron chi connectivity index (χ0n) is 11.0. The van der Waals surface area contributed by atoms with Crippen molar-refractivity contribution in [1.82, 2.24) is 0 Å². The SMILES string of the molecule is Cc1ccc(NS(=O)(=O)c2ccccc2[N+](=O)[O-])cc1O. The molecular weight excluding hydrogens is 296 g/mol. The van der Waals surface area contributed by atoms with E-state index in [9.17, 15) is 23.6 Å². The second-order valence-corrected chi connectivity index (χ2v) is 5.98. The van der Waals surface area contributed by atoms with Gasteiger partial charge in [0, 0.05) is 12.1 Å². The molecule has 8 heteroatoms. The number of hydrogen-bond donors (Lipinski definition) is 2. The average Bonchev–Trinajstić information content (AvgIpc) is 2.42. The Morgan fingerprint density at radius 2 is 1.86 bits per heavy atom. The highest BCUT2D eigenvalue weighted by Gasteiger charge is 2.25. The monoisotopic (exact) mass is 308 g/mol. The van der Waals surface area contributed by atoms with Gasteiger partial charge in [0.15, 0.2) is 4.90 Å². The largest absolute Gasteiger partial charge is 0.508 e. The van der Waals surface area contributed by atoms with Crippen molar-refractivity contribution in [3.05, 3.63) is 58.1 Å². The molecule has 2 aromatic carbocycles. The predicted octanol–water partition coefficient (Wildman–Crippen LogP) is 2.41. The van der Waals surface area contributed by atoms with E-state index in [1.165, 1.54) is 30.3 Å². The quantitative estimate of drug-likeness (QED) is 0.665. The van der Waals surface area contributed by atoms with Crippen molar-refractivity contribution in [3.8, 4) is 5.75 Å². The Morgan fingerprint density at radius 1 is 1.19 bits per heavy atom. The maximum atomic E-state index is 12.2. The molecule has 0 aliphatic heterocycles. The maximum absolute atomic E-state index is 12.2. The van der Waals surface area contributed by atoms with E-state index in [2.05, 4.69) is 4.72 Å². The van der Waals surface area contributed by atoms with Crippen molar-refractivity contribution in [1.29, 1.82) is 0 Å². The van der Waals surface area contributed by atoms with E-state index in [4.69, 9.17) is 0 Å². The number of aromatic hydroxyl groups is 1. The van der Waals surface area contributed by atoms with Crippen LogP contribution in [0.15, 0.2) is 47.4 Å². The number of nitro groups is 1. The maximum Gasteiger partial charge on any atom is 0.289 e. The Labute approximate surface area is 121 Å². The second kappa shape index (κ2) is 5.41. The van der Waals surface area contributed by atoms with Gasteiger partial charge >= 0.3 is 0 Å². The van der Waals surface area contributed by atoms with Crippen LogP contribution in [0.3, 0.4) is 0 Å². The summed E-state index contributed by atoms with van der Waals surface area (Å²) in [5.41, 5.74) is 0.196. The third-order valence-electron chi connectivity index (χ3n) is 2.81. The molecule has 0 aliphatic rings. The number of nitrogens with one attached hydrogen (secondary N) is 1. The molecule has 2 rings (SSSR count). The van der Waals surface area contributed by atoms with Gasteiger partial charge in [-0.2, -0.15) is 0 Å². The summed E-state index contributed by atoms with van der Waals surface area (Å²) >= 11 is 0. The van der Waals surface area contributed by atoms with Crippen LogP contribution in [0.5, 0.6) is 5.75 Å². The first-order valence-electron chi connectivity index (χ1n) is 5.87. The third kappa shape index (κ3) is 3.11. The fourth-order valence-electron chi connectivity index (χ4n) is 1.72. The second-order valence-electron chi connectivity index (χ2n) is 4.33. The number of benzene rings is 2. The molecule has 7 nitrogen and oxygen atoms in total. The molecule has 0 unspecified atom stereocenters. The number of phenols is 1. The summed E-state index contributed by atoms with van der Waals surface area (Å²) < 4.78 is 26.7. The number of hydrogen-bond acceptors (Lipinski definition) is 5. The lowest BCUT2D eigenvalue weighted by atomic mass is 10.2. The summed E-state index contributed by atoms with van der Waals surface area (Å²) in [6.07, 6.45) is 0. The minimum absolute atomic E-state index is 0.0715. The predicted molar refractivity (Wildman–Crippen MR) is 76.7 cm³/mol. The summed E-state index contributed by atoms with van der Waals surface area (Å²) in [4.78, 5) is 9.70. The number of rotatable bonds is 4. The average molecular weight is 308 g/mol. The van der Waals surface area contributed by atoms with Gasteiger partial charge in [0.1, 0.15) is 5.75 Å². The fourth-order valence-corrected chi connectivity index (χ4v) is 2.94. The lowest BCUT2D eigenvalue weighted by Gasteiger charge is -2.09. The van der Waals surface area contributed by atoms with Crippen molar-refractivity contribution in [3.63, 3.8) is 0 Å². The van der Waals surface area contributed by atoms with Crippen LogP contribution in [0.4, 0.5) is 11.4 Å². The van der Waals surface area contributed by atoms with Crippen molar-refractivity contribution in [2.45, 2.75) is 11.8 Å². The van der Waals surface area contributed by atoms with Gasteiger partial charge in [-0.3, -0.25) is 14.8 Å². The van der Waals surface area contributed by atoms with Crippen LogP contribution in [-0.4, -0.2) is 18.4 Å². The van der Waals surface area contributed by atoms with E-state index < -0.39 is 25.5 Å². The summed E-state index contributed by atoms with van der Waals surface area (Å²) in [5, 5.41) is 20.5. The number of para-hydroxylation sites is 1. The number of anilines is 1. The Bertz CT molecular complexity index is 802. The van der Waals surface area contributed by atoms with Gasteiger partial charge in [0.2, 0.25) is 0 Å². The molecule has 2 N–H and O–H groups in total. The van der Waals surface area contributed by atoms with Gasteiger partial charge in [-0.05, 0) is 24.6 Å². The van der Waals surface area contributed by atoms with Crippen LogP contribution in [0.25, 0.3) is 0 Å². The molecule has 0 aliphatic carbocycles. The van der Waals surface area contributed by atoms with Crippen LogP contribution < -0.4 is 4.72 Å². The van der Waals surface area contributed by atoms with Crippen molar-refractivity contribution in [2.24, 2.45) is 0 Å². The molecule has 0 atom stereocenters. The van der Waals surface area contributed by atoms with Crippen LogP contribution in [-0.2, 0) is 10.0 Å². The molecule has 0 radical (unpaired) electrons. The van der Waals surface area contributed by atoms with Gasteiger partial charge < -0.3 is 5.11 Å². The first-order valence-corrected chi connectivity index (χ1v) is 7.35. The van der Waals surface area contributed by atoms with Crippen LogP contribution >= 0.6 is 0 Å². The summed E-state index contributed by atoms with van der Waals surface area (Å²) in [5.74, 6) is -0.0715. The zero-order chi connectivity index (χ0) is 15.6. The highest BCUT2D eigenvalue weighted by Crippen LogP contribution is 2.27. The number of aryl methyl sites for hydroxylation is 1. The van der Waals surface area contributed by atoms with Gasteiger partial charge in [-0.25, -0.2) is 8.42 Å². The van der Waals surface area contributed by atoms with Gasteiger partial charge in [-0.15, -0.1) is 0 Å². The third-order valence-corrected chi connectivity index (χ3v) is 4.24. The van der Waals surface area contributed by atoms with E-state index >= 15 is 0 Å². The number of nitro benzene ring substituents is 1. The highest BCUT2D eigenvalue weighted by atomic mass is 32.2. The normalized spacial score (nSPS) is 11.1. The number of nitrogens with zero attached hydrogens (tertiary/aromatic N) is 1. The Kier molecular flexibility index (Phi) is 3.81. The zero-order valence-corrected chi connectivity index (χ0v) is 11.8. The van der Waals surface area contributed by atoms with E-state index in [0.717, 1.165) is 12.1 Å². The molecule has 0 heterocycles. The molecular formula is C13H12N2O5S. The smallest absolute Gasteiger partial charge is 0.289 e. The minimum atomic E-state index is -4.12. The fraction of sp³-hybridized carbons (Fsp3) is 0.0769. The molecule has 0 fully saturated rings. The summed E-state index contributed by atoms with van der Waals surface area (Å²) in [6.45, 7) is 1.66.